The molecule has 2 aliphatic carbocycles. The van der Waals surface area contributed by atoms with Crippen LogP contribution in [0.15, 0.2) is 15.8 Å². The number of aryl methyl sites for hydroxylation is 1. The van der Waals surface area contributed by atoms with Gasteiger partial charge in [0.1, 0.15) is 12.3 Å². The summed E-state index contributed by atoms with van der Waals surface area (Å²) < 4.78 is 45.3. The van der Waals surface area contributed by atoms with Crippen molar-refractivity contribution in [2.45, 2.75) is 84.8 Å². The van der Waals surface area contributed by atoms with Gasteiger partial charge in [-0.25, -0.2) is 13.9 Å². The van der Waals surface area contributed by atoms with Gasteiger partial charge in [0.25, 0.3) is 14.1 Å². The standard InChI is InChI=1S/C21H32FN4O4P.CH4O/c1-12(2)26(13(3)4)31(29-9-7-8-23)30-18-16(22)17(15-10-21(15,18)6)25-11-14(5)19(27)24-20(25)28;1-2/h11-13,15-18H,7,9-10H2,1-6H3,(H,24,27,28);2H,1H3/t15-,16+,17-,18+,21-,31?;/m1./s1/i6D;2T. The molecular weight excluding hydrogens is 450 g/mol. The molecule has 0 aliphatic heterocycles. The minimum Gasteiger partial charge on any atom is -0.400 e. The van der Waals surface area contributed by atoms with Crippen molar-refractivity contribution in [3.63, 3.8) is 0 Å². The van der Waals surface area contributed by atoms with Gasteiger partial charge in [-0.15, -0.1) is 0 Å². The third-order valence-electron chi connectivity index (χ3n) is 6.11. The Hall–Kier alpha value is -1.63. The fourth-order valence-electron chi connectivity index (χ4n) is 4.57. The highest BCUT2D eigenvalue weighted by molar-refractivity contribution is 7.44. The summed E-state index contributed by atoms with van der Waals surface area (Å²) in [7, 11) is -0.391. The molecule has 0 spiro atoms. The Labute approximate surface area is 198 Å². The second-order valence-electron chi connectivity index (χ2n) is 9.03. The number of fused-ring (bicyclic) bond motifs is 1. The summed E-state index contributed by atoms with van der Waals surface area (Å²) in [5.41, 5.74) is -1.52. The average Bonchev–Trinajstić information content (AvgIpc) is 3.45. The van der Waals surface area contributed by atoms with Gasteiger partial charge >= 0.3 is 5.69 Å². The summed E-state index contributed by atoms with van der Waals surface area (Å²) in [5.74, 6) is -0.231. The molecule has 2 N–H and O–H groups in total. The van der Waals surface area contributed by atoms with Crippen molar-refractivity contribution in [2.24, 2.45) is 11.3 Å². The van der Waals surface area contributed by atoms with Crippen LogP contribution in [-0.4, -0.2) is 58.8 Å². The molecule has 0 radical (unpaired) electrons. The molecule has 2 aliphatic rings. The van der Waals surface area contributed by atoms with Crippen molar-refractivity contribution in [2.75, 3.05) is 13.7 Å². The zero-order valence-corrected chi connectivity index (χ0v) is 21.0. The Morgan fingerprint density at radius 2 is 2.15 bits per heavy atom. The number of halogens is 1. The number of aromatic amines is 1. The number of H-pyrrole nitrogens is 1. The third-order valence-corrected chi connectivity index (χ3v) is 8.22. The molecule has 2 fully saturated rings. The lowest BCUT2D eigenvalue weighted by atomic mass is 10.0. The second kappa shape index (κ2) is 11.2. The molecule has 3 rings (SSSR count). The van der Waals surface area contributed by atoms with Gasteiger partial charge in [-0.2, -0.15) is 5.26 Å². The zero-order valence-electron chi connectivity index (χ0n) is 22.1. The van der Waals surface area contributed by atoms with Crippen LogP contribution in [0.3, 0.4) is 0 Å². The van der Waals surface area contributed by atoms with Crippen LogP contribution in [0.5, 0.6) is 0 Å². The van der Waals surface area contributed by atoms with Gasteiger partial charge in [-0.3, -0.25) is 14.3 Å². The van der Waals surface area contributed by atoms with Crippen LogP contribution in [0, 0.1) is 29.6 Å². The summed E-state index contributed by atoms with van der Waals surface area (Å²) in [4.78, 5) is 26.5. The van der Waals surface area contributed by atoms with Crippen LogP contribution in [0.1, 0.15) is 60.4 Å². The predicted molar refractivity (Wildman–Crippen MR) is 124 cm³/mol. The van der Waals surface area contributed by atoms with E-state index in [0.29, 0.717) is 12.0 Å². The van der Waals surface area contributed by atoms with Crippen molar-refractivity contribution >= 4 is 8.53 Å². The van der Waals surface area contributed by atoms with Crippen molar-refractivity contribution in [1.82, 2.24) is 14.2 Å². The second-order valence-corrected chi connectivity index (χ2v) is 10.4. The fraction of sp³-hybridized carbons (Fsp3) is 0.773. The number of nitrogens with zero attached hydrogens (tertiary/aromatic N) is 3. The summed E-state index contributed by atoms with van der Waals surface area (Å²) in [5, 5.41) is 12.4. The summed E-state index contributed by atoms with van der Waals surface area (Å²) in [6.45, 7) is 9.71. The number of alkyl halides is 1. The monoisotopic (exact) mass is 489 g/mol. The van der Waals surface area contributed by atoms with E-state index in [1.54, 1.807) is 6.92 Å². The SMILES string of the molecule is [2H]C[C@@]12C[C@@H]1[C@@H](n1cc(C)c(=O)[nH]c1=O)[C@H](F)[C@@H]2OP(OCCC#N)N(C(C)C)C(C)C.[3H]OC. The molecule has 0 amide bonds. The molecule has 1 aromatic heterocycles. The van der Waals surface area contributed by atoms with Gasteiger partial charge in [0.15, 0.2) is 0 Å². The predicted octanol–water partition coefficient (Wildman–Crippen LogP) is 3.03. The highest BCUT2D eigenvalue weighted by Gasteiger charge is 2.71. The highest BCUT2D eigenvalue weighted by atomic mass is 31.2. The number of aromatic nitrogens is 2. The lowest BCUT2D eigenvalue weighted by Gasteiger charge is -2.38. The van der Waals surface area contributed by atoms with Crippen LogP contribution >= 0.6 is 8.53 Å². The van der Waals surface area contributed by atoms with E-state index in [-0.39, 0.29) is 37.9 Å². The minimum absolute atomic E-state index is 0.0267. The Bertz CT molecular complexity index is 995. The molecular formula is C22H36FN4O5P. The number of aliphatic hydroxyl groups is 1. The molecule has 0 saturated heterocycles. The van der Waals surface area contributed by atoms with Crippen molar-refractivity contribution in [3.8, 4) is 6.07 Å². The van der Waals surface area contributed by atoms with Crippen molar-refractivity contribution in [1.29, 1.82) is 6.69 Å². The summed E-state index contributed by atoms with van der Waals surface area (Å²) >= 11 is 0. The van der Waals surface area contributed by atoms with E-state index in [0.717, 1.165) is 0 Å². The van der Waals surface area contributed by atoms with Crippen LogP contribution in [0.2, 0.25) is 0 Å². The maximum atomic E-state index is 15.9. The Morgan fingerprint density at radius 3 is 2.70 bits per heavy atom. The van der Waals surface area contributed by atoms with E-state index in [2.05, 4.69) is 10.1 Å². The third kappa shape index (κ3) is 5.55. The lowest BCUT2D eigenvalue weighted by Crippen LogP contribution is -2.40. The first-order valence-electron chi connectivity index (χ1n) is 12.1. The first-order valence-corrected chi connectivity index (χ1v) is 12.1. The quantitative estimate of drug-likeness (QED) is 0.404. The van der Waals surface area contributed by atoms with Gasteiger partial charge in [0, 0.05) is 37.7 Å². The molecule has 0 bridgehead atoms. The zero-order chi connectivity index (χ0) is 26.5. The number of rotatable bonds is 9. The molecule has 1 heterocycles. The summed E-state index contributed by atoms with van der Waals surface area (Å²) in [6, 6.07) is 1.35. The molecule has 11 heteroatoms. The van der Waals surface area contributed by atoms with E-state index >= 15 is 4.39 Å². The number of aliphatic hydroxyl groups excluding tert-OH is 1. The van der Waals surface area contributed by atoms with Crippen molar-refractivity contribution < 1.29 is 19.9 Å². The van der Waals surface area contributed by atoms with Crippen LogP contribution < -0.4 is 11.2 Å². The van der Waals surface area contributed by atoms with E-state index in [4.69, 9.17) is 17.1 Å². The molecule has 33 heavy (non-hydrogen) atoms. The highest BCUT2D eigenvalue weighted by Crippen LogP contribution is 2.70. The Balaban J connectivity index is 0.00000137. The van der Waals surface area contributed by atoms with Crippen LogP contribution in [-0.2, 0) is 9.05 Å². The maximum absolute atomic E-state index is 15.9. The van der Waals surface area contributed by atoms with E-state index < -0.39 is 43.5 Å². The number of hydrogen-bond donors (Lipinski definition) is 2. The normalized spacial score (nSPS) is 29.7. The molecule has 2 saturated carbocycles. The smallest absolute Gasteiger partial charge is 0.328 e. The molecule has 186 valence electrons. The number of nitrogens with one attached hydrogen (secondary N) is 1. The van der Waals surface area contributed by atoms with E-state index in [9.17, 15) is 9.59 Å². The number of nitriles is 1. The van der Waals surface area contributed by atoms with Gasteiger partial charge in [0.05, 0.1) is 25.1 Å². The van der Waals surface area contributed by atoms with Crippen LogP contribution in [0.4, 0.5) is 4.39 Å². The van der Waals surface area contributed by atoms with Gasteiger partial charge in [-0.1, -0.05) is 6.90 Å². The van der Waals surface area contributed by atoms with Gasteiger partial charge in [0.2, 0.25) is 1.43 Å². The first kappa shape index (κ1) is 24.5. The Morgan fingerprint density at radius 1 is 1.52 bits per heavy atom. The molecule has 1 unspecified atom stereocenters. The van der Waals surface area contributed by atoms with E-state index in [1.165, 1.54) is 17.9 Å². The van der Waals surface area contributed by atoms with Crippen molar-refractivity contribution in [3.05, 3.63) is 32.6 Å². The molecule has 0 aromatic carbocycles. The lowest BCUT2D eigenvalue weighted by molar-refractivity contribution is 0.0371. The Kier molecular flexibility index (Phi) is 8.31. The molecule has 9 nitrogen and oxygen atoms in total. The summed E-state index contributed by atoms with van der Waals surface area (Å²) in [6.07, 6.45) is -0.289. The van der Waals surface area contributed by atoms with E-state index in [1.807, 2.05) is 38.4 Å². The van der Waals surface area contributed by atoms with Gasteiger partial charge < -0.3 is 14.2 Å². The maximum Gasteiger partial charge on any atom is 0.328 e. The average molecular weight is 490 g/mol. The molecule has 6 atom stereocenters. The minimum atomic E-state index is -1.68. The largest absolute Gasteiger partial charge is 0.400 e. The fourth-order valence-corrected chi connectivity index (χ4v) is 6.39. The molecule has 1 aromatic rings. The first-order chi connectivity index (χ1) is 16.5. The number of hydrogen-bond acceptors (Lipinski definition) is 7. The van der Waals surface area contributed by atoms with Crippen LogP contribution in [0.25, 0.3) is 0 Å². The van der Waals surface area contributed by atoms with Gasteiger partial charge in [-0.05, 0) is 47.0 Å². The topological polar surface area (TPSA) is 121 Å².